The van der Waals surface area contributed by atoms with E-state index in [0.717, 1.165) is 30.7 Å². The van der Waals surface area contributed by atoms with Crippen molar-refractivity contribution in [2.45, 2.75) is 50.2 Å². The number of carbonyl (C=O) groups excluding carboxylic acids is 1. The van der Waals surface area contributed by atoms with E-state index in [4.69, 9.17) is 0 Å². The molecule has 0 heterocycles. The first-order chi connectivity index (χ1) is 10.5. The minimum Gasteiger partial charge on any atom is -0.393 e. The van der Waals surface area contributed by atoms with Crippen LogP contribution in [0.1, 0.15) is 38.7 Å². The van der Waals surface area contributed by atoms with Crippen molar-refractivity contribution in [2.24, 2.45) is 5.92 Å². The SMILES string of the molecule is CC(C)SCc1cccc(NC(=O)NC[C@H]2CC[C@@H](O)C2)c1. The van der Waals surface area contributed by atoms with Crippen molar-refractivity contribution in [3.8, 4) is 0 Å². The van der Waals surface area contributed by atoms with E-state index in [2.05, 4.69) is 30.5 Å². The zero-order valence-corrected chi connectivity index (χ0v) is 14.2. The lowest BCUT2D eigenvalue weighted by Gasteiger charge is -2.12. The van der Waals surface area contributed by atoms with Crippen LogP contribution in [0.25, 0.3) is 0 Å². The maximum absolute atomic E-state index is 11.9. The van der Waals surface area contributed by atoms with Crippen molar-refractivity contribution >= 4 is 23.5 Å². The number of rotatable bonds is 6. The van der Waals surface area contributed by atoms with Crippen molar-refractivity contribution in [3.63, 3.8) is 0 Å². The summed E-state index contributed by atoms with van der Waals surface area (Å²) in [5.74, 6) is 1.35. The van der Waals surface area contributed by atoms with E-state index in [-0.39, 0.29) is 12.1 Å². The van der Waals surface area contributed by atoms with E-state index in [1.165, 1.54) is 5.56 Å². The summed E-state index contributed by atoms with van der Waals surface area (Å²) in [6.45, 7) is 4.99. The van der Waals surface area contributed by atoms with Crippen molar-refractivity contribution in [1.29, 1.82) is 0 Å². The fourth-order valence-electron chi connectivity index (χ4n) is 2.65. The summed E-state index contributed by atoms with van der Waals surface area (Å²) in [6.07, 6.45) is 2.44. The fourth-order valence-corrected chi connectivity index (χ4v) is 3.35. The fraction of sp³-hybridized carbons (Fsp3) is 0.588. The second-order valence-electron chi connectivity index (χ2n) is 6.23. The molecule has 1 fully saturated rings. The monoisotopic (exact) mass is 322 g/mol. The van der Waals surface area contributed by atoms with Crippen LogP contribution >= 0.6 is 11.8 Å². The molecule has 1 aromatic rings. The minimum atomic E-state index is -0.190. The predicted molar refractivity (Wildman–Crippen MR) is 93.2 cm³/mol. The molecule has 1 saturated carbocycles. The molecule has 1 aliphatic carbocycles. The van der Waals surface area contributed by atoms with Crippen molar-refractivity contribution in [1.82, 2.24) is 5.32 Å². The third kappa shape index (κ3) is 5.89. The molecule has 0 radical (unpaired) electrons. The molecule has 1 aliphatic rings. The second kappa shape index (κ2) is 8.44. The second-order valence-corrected chi connectivity index (χ2v) is 7.79. The van der Waals surface area contributed by atoms with E-state index in [0.29, 0.717) is 17.7 Å². The van der Waals surface area contributed by atoms with E-state index in [1.54, 1.807) is 0 Å². The Balaban J connectivity index is 1.77. The summed E-state index contributed by atoms with van der Waals surface area (Å²) in [5.41, 5.74) is 2.04. The molecule has 3 N–H and O–H groups in total. The Labute approximate surface area is 137 Å². The molecule has 5 heteroatoms. The Morgan fingerprint density at radius 3 is 2.91 bits per heavy atom. The van der Waals surface area contributed by atoms with Crippen LogP contribution in [0.5, 0.6) is 0 Å². The van der Waals surface area contributed by atoms with Gasteiger partial charge in [0, 0.05) is 18.0 Å². The van der Waals surface area contributed by atoms with Gasteiger partial charge < -0.3 is 15.7 Å². The van der Waals surface area contributed by atoms with Gasteiger partial charge in [0.1, 0.15) is 0 Å². The first kappa shape index (κ1) is 17.2. The topological polar surface area (TPSA) is 61.4 Å². The van der Waals surface area contributed by atoms with Gasteiger partial charge in [0.2, 0.25) is 0 Å². The summed E-state index contributed by atoms with van der Waals surface area (Å²) in [4.78, 5) is 11.9. The molecule has 0 unspecified atom stereocenters. The molecule has 0 bridgehead atoms. The van der Waals surface area contributed by atoms with Crippen LogP contribution in [0.2, 0.25) is 0 Å². The third-order valence-electron chi connectivity index (χ3n) is 3.83. The average molecular weight is 322 g/mol. The predicted octanol–water partition coefficient (Wildman–Crippen LogP) is 3.61. The molecule has 2 rings (SSSR count). The number of hydrogen-bond donors (Lipinski definition) is 3. The molecule has 4 nitrogen and oxygen atoms in total. The first-order valence-electron chi connectivity index (χ1n) is 7.96. The quantitative estimate of drug-likeness (QED) is 0.750. The summed E-state index contributed by atoms with van der Waals surface area (Å²) in [5, 5.41) is 15.9. The first-order valence-corrected chi connectivity index (χ1v) is 9.01. The van der Waals surface area contributed by atoms with Crippen LogP contribution in [-0.4, -0.2) is 29.0 Å². The number of urea groups is 1. The standard InChI is InChI=1S/C17H26N2O2S/c1-12(2)22-11-14-4-3-5-15(8-14)19-17(21)18-10-13-6-7-16(20)9-13/h3-5,8,12-13,16,20H,6-7,9-11H2,1-2H3,(H2,18,19,21)/t13-,16+/m0/s1. The average Bonchev–Trinajstić information content (AvgIpc) is 2.89. The Morgan fingerprint density at radius 2 is 2.23 bits per heavy atom. The van der Waals surface area contributed by atoms with Crippen LogP contribution < -0.4 is 10.6 Å². The highest BCUT2D eigenvalue weighted by molar-refractivity contribution is 7.99. The van der Waals surface area contributed by atoms with Crippen LogP contribution in [0.4, 0.5) is 10.5 Å². The number of benzene rings is 1. The van der Waals surface area contributed by atoms with Gasteiger partial charge in [-0.05, 0) is 48.1 Å². The van der Waals surface area contributed by atoms with Crippen LogP contribution in [0, 0.1) is 5.92 Å². The van der Waals surface area contributed by atoms with Gasteiger partial charge in [0.25, 0.3) is 0 Å². The number of anilines is 1. The highest BCUT2D eigenvalue weighted by atomic mass is 32.2. The molecule has 1 aromatic carbocycles. The molecule has 2 amide bonds. The van der Waals surface area contributed by atoms with E-state index >= 15 is 0 Å². The number of aliphatic hydroxyl groups excluding tert-OH is 1. The third-order valence-corrected chi connectivity index (χ3v) is 5.00. The van der Waals surface area contributed by atoms with Gasteiger partial charge >= 0.3 is 6.03 Å². The minimum absolute atomic E-state index is 0.171. The van der Waals surface area contributed by atoms with Crippen LogP contribution in [-0.2, 0) is 5.75 Å². The lowest BCUT2D eigenvalue weighted by Crippen LogP contribution is -2.32. The molecular formula is C17H26N2O2S. The highest BCUT2D eigenvalue weighted by Gasteiger charge is 2.22. The molecule has 0 spiro atoms. The van der Waals surface area contributed by atoms with Gasteiger partial charge in [0.15, 0.2) is 0 Å². The maximum Gasteiger partial charge on any atom is 0.319 e. The lowest BCUT2D eigenvalue weighted by atomic mass is 10.1. The van der Waals surface area contributed by atoms with Crippen LogP contribution in [0.3, 0.4) is 0 Å². The number of carbonyl (C=O) groups is 1. The van der Waals surface area contributed by atoms with Gasteiger partial charge in [-0.25, -0.2) is 4.79 Å². The van der Waals surface area contributed by atoms with Crippen molar-refractivity contribution in [3.05, 3.63) is 29.8 Å². The Hall–Kier alpha value is -1.20. The van der Waals surface area contributed by atoms with Gasteiger partial charge in [-0.3, -0.25) is 0 Å². The number of thioether (sulfide) groups is 1. The molecule has 0 aromatic heterocycles. The maximum atomic E-state index is 11.9. The van der Waals surface area contributed by atoms with E-state index < -0.39 is 0 Å². The molecular weight excluding hydrogens is 296 g/mol. The molecule has 22 heavy (non-hydrogen) atoms. The molecule has 0 saturated heterocycles. The summed E-state index contributed by atoms with van der Waals surface area (Å²) < 4.78 is 0. The number of nitrogens with one attached hydrogen (secondary N) is 2. The van der Waals surface area contributed by atoms with Gasteiger partial charge in [-0.2, -0.15) is 11.8 Å². The zero-order valence-electron chi connectivity index (χ0n) is 13.3. The summed E-state index contributed by atoms with van der Waals surface area (Å²) in [7, 11) is 0. The Morgan fingerprint density at radius 1 is 1.41 bits per heavy atom. The number of amides is 2. The summed E-state index contributed by atoms with van der Waals surface area (Å²) >= 11 is 1.89. The van der Waals surface area contributed by atoms with E-state index in [9.17, 15) is 9.90 Å². The number of aliphatic hydroxyl groups is 1. The van der Waals surface area contributed by atoms with Crippen LogP contribution in [0.15, 0.2) is 24.3 Å². The van der Waals surface area contributed by atoms with E-state index in [1.807, 2.05) is 30.0 Å². The van der Waals surface area contributed by atoms with Crippen molar-refractivity contribution < 1.29 is 9.90 Å². The largest absolute Gasteiger partial charge is 0.393 e. The molecule has 122 valence electrons. The smallest absolute Gasteiger partial charge is 0.319 e. The zero-order chi connectivity index (χ0) is 15.9. The lowest BCUT2D eigenvalue weighted by molar-refractivity contribution is 0.177. The Bertz CT molecular complexity index is 493. The highest BCUT2D eigenvalue weighted by Crippen LogP contribution is 2.24. The summed E-state index contributed by atoms with van der Waals surface area (Å²) in [6, 6.07) is 7.81. The van der Waals surface area contributed by atoms with Crippen molar-refractivity contribution in [2.75, 3.05) is 11.9 Å². The van der Waals surface area contributed by atoms with Gasteiger partial charge in [0.05, 0.1) is 6.10 Å². The normalized spacial score (nSPS) is 21.1. The van der Waals surface area contributed by atoms with Gasteiger partial charge in [-0.15, -0.1) is 0 Å². The number of hydrogen-bond acceptors (Lipinski definition) is 3. The molecule has 0 aliphatic heterocycles. The Kier molecular flexibility index (Phi) is 6.58. The van der Waals surface area contributed by atoms with Gasteiger partial charge in [-0.1, -0.05) is 26.0 Å². The molecule has 2 atom stereocenters.